The Labute approximate surface area is 101 Å². The van der Waals surface area contributed by atoms with Crippen LogP contribution in [0.3, 0.4) is 0 Å². The van der Waals surface area contributed by atoms with Crippen LogP contribution in [0.2, 0.25) is 0 Å². The molecule has 0 aliphatic heterocycles. The van der Waals surface area contributed by atoms with Gasteiger partial charge >= 0.3 is 11.1 Å². The molecule has 5 heteroatoms. The lowest BCUT2D eigenvalue weighted by atomic mass is 10.1. The van der Waals surface area contributed by atoms with Gasteiger partial charge in [0.05, 0.1) is 0 Å². The quantitative estimate of drug-likeness (QED) is 0.728. The van der Waals surface area contributed by atoms with E-state index in [0.29, 0.717) is 6.54 Å². The van der Waals surface area contributed by atoms with Crippen molar-refractivity contribution in [2.75, 3.05) is 6.54 Å². The Balaban J connectivity index is 2.90. The van der Waals surface area contributed by atoms with Crippen LogP contribution in [0.25, 0.3) is 0 Å². The fourth-order valence-electron chi connectivity index (χ4n) is 1.87. The first-order chi connectivity index (χ1) is 8.10. The largest absolute Gasteiger partial charge is 0.316 e. The molecule has 0 radical (unpaired) electrons. The fourth-order valence-corrected chi connectivity index (χ4v) is 1.87. The van der Waals surface area contributed by atoms with Crippen molar-refractivity contribution >= 4 is 0 Å². The summed E-state index contributed by atoms with van der Waals surface area (Å²) >= 11 is 0. The minimum atomic E-state index is -0.473. The van der Waals surface area contributed by atoms with E-state index in [1.165, 1.54) is 9.13 Å². The average molecular weight is 239 g/mol. The molecule has 1 unspecified atom stereocenters. The van der Waals surface area contributed by atoms with Gasteiger partial charge < -0.3 is 14.5 Å². The lowest BCUT2D eigenvalue weighted by Crippen LogP contribution is -2.43. The van der Waals surface area contributed by atoms with Crippen molar-refractivity contribution in [1.29, 1.82) is 0 Å². The number of aryl methyl sites for hydroxylation is 1. The summed E-state index contributed by atoms with van der Waals surface area (Å²) in [6.07, 6.45) is 5.34. The number of likely N-dealkylation sites (N-methyl/N-ethyl adjacent to an activating group) is 1. The van der Waals surface area contributed by atoms with E-state index in [1.54, 1.807) is 19.4 Å². The summed E-state index contributed by atoms with van der Waals surface area (Å²) in [4.78, 5) is 23.2. The Bertz CT molecular complexity index is 456. The number of nitrogens with zero attached hydrogens (tertiary/aromatic N) is 2. The predicted octanol–water partition coefficient (Wildman–Crippen LogP) is 0.325. The van der Waals surface area contributed by atoms with Gasteiger partial charge in [-0.15, -0.1) is 0 Å². The van der Waals surface area contributed by atoms with Gasteiger partial charge in [-0.1, -0.05) is 20.3 Å². The van der Waals surface area contributed by atoms with Crippen LogP contribution in [0, 0.1) is 0 Å². The van der Waals surface area contributed by atoms with Crippen LogP contribution in [-0.2, 0) is 13.6 Å². The molecule has 1 heterocycles. The Kier molecular flexibility index (Phi) is 5.15. The van der Waals surface area contributed by atoms with Crippen LogP contribution < -0.4 is 16.4 Å². The minimum absolute atomic E-state index is 0.245. The smallest absolute Gasteiger partial charge is 0.312 e. The van der Waals surface area contributed by atoms with Gasteiger partial charge in [-0.05, 0) is 13.0 Å². The first-order valence-corrected chi connectivity index (χ1v) is 6.09. The van der Waals surface area contributed by atoms with Crippen molar-refractivity contribution in [3.05, 3.63) is 33.1 Å². The summed E-state index contributed by atoms with van der Waals surface area (Å²) in [5.74, 6) is 0. The maximum atomic E-state index is 11.7. The molecule has 1 rings (SSSR count). The van der Waals surface area contributed by atoms with Crippen molar-refractivity contribution in [2.24, 2.45) is 7.05 Å². The summed E-state index contributed by atoms with van der Waals surface area (Å²) in [7, 11) is 1.59. The van der Waals surface area contributed by atoms with Gasteiger partial charge in [0.1, 0.15) is 0 Å². The number of hydrogen-bond acceptors (Lipinski definition) is 3. The van der Waals surface area contributed by atoms with Gasteiger partial charge in [-0.25, -0.2) is 0 Å². The molecule has 1 N–H and O–H groups in total. The van der Waals surface area contributed by atoms with E-state index in [4.69, 9.17) is 0 Å². The number of nitrogens with one attached hydrogen (secondary N) is 1. The van der Waals surface area contributed by atoms with Gasteiger partial charge in [0.15, 0.2) is 0 Å². The van der Waals surface area contributed by atoms with E-state index < -0.39 is 11.1 Å². The second-order valence-electron chi connectivity index (χ2n) is 4.21. The molecule has 0 bridgehead atoms. The van der Waals surface area contributed by atoms with Crippen molar-refractivity contribution in [1.82, 2.24) is 14.5 Å². The van der Waals surface area contributed by atoms with Crippen LogP contribution >= 0.6 is 0 Å². The van der Waals surface area contributed by atoms with Gasteiger partial charge in [-0.2, -0.15) is 0 Å². The Morgan fingerprint density at radius 2 is 1.94 bits per heavy atom. The van der Waals surface area contributed by atoms with Gasteiger partial charge in [0.25, 0.3) is 0 Å². The third-order valence-electron chi connectivity index (χ3n) is 2.78. The molecule has 1 aromatic rings. The Morgan fingerprint density at radius 3 is 2.53 bits per heavy atom. The van der Waals surface area contributed by atoms with Gasteiger partial charge in [0.2, 0.25) is 0 Å². The van der Waals surface area contributed by atoms with Crippen LogP contribution in [0.1, 0.15) is 26.7 Å². The highest BCUT2D eigenvalue weighted by Gasteiger charge is 2.09. The first kappa shape index (κ1) is 13.7. The van der Waals surface area contributed by atoms with Crippen LogP contribution in [-0.4, -0.2) is 21.7 Å². The highest BCUT2D eigenvalue weighted by Crippen LogP contribution is 1.98. The fraction of sp³-hybridized carbons (Fsp3) is 0.667. The second-order valence-corrected chi connectivity index (χ2v) is 4.21. The van der Waals surface area contributed by atoms with Crippen molar-refractivity contribution < 1.29 is 0 Å². The highest BCUT2D eigenvalue weighted by molar-refractivity contribution is 4.86. The van der Waals surface area contributed by atoms with Crippen molar-refractivity contribution in [2.45, 2.75) is 39.3 Å². The van der Waals surface area contributed by atoms with Crippen LogP contribution in [0.15, 0.2) is 22.0 Å². The minimum Gasteiger partial charge on any atom is -0.312 e. The van der Waals surface area contributed by atoms with E-state index in [2.05, 4.69) is 12.2 Å². The van der Waals surface area contributed by atoms with E-state index in [9.17, 15) is 9.59 Å². The topological polar surface area (TPSA) is 56.0 Å². The summed E-state index contributed by atoms with van der Waals surface area (Å²) in [6, 6.07) is 0.245. The van der Waals surface area contributed by atoms with Crippen LogP contribution in [0.5, 0.6) is 0 Å². The summed E-state index contributed by atoms with van der Waals surface area (Å²) in [6.45, 7) is 5.56. The molecule has 1 aromatic heterocycles. The number of aromatic nitrogens is 2. The Morgan fingerprint density at radius 1 is 1.24 bits per heavy atom. The molecule has 5 nitrogen and oxygen atoms in total. The van der Waals surface area contributed by atoms with E-state index in [0.717, 1.165) is 19.4 Å². The predicted molar refractivity (Wildman–Crippen MR) is 68.3 cm³/mol. The SMILES string of the molecule is CCCC(Cn1ccn(C)c(=O)c1=O)NCC. The van der Waals surface area contributed by atoms with Gasteiger partial charge in [0, 0.05) is 32.0 Å². The number of rotatable bonds is 6. The molecule has 0 saturated carbocycles. The molecule has 0 fully saturated rings. The highest BCUT2D eigenvalue weighted by atomic mass is 16.2. The molecule has 0 aliphatic carbocycles. The van der Waals surface area contributed by atoms with Crippen molar-refractivity contribution in [3.8, 4) is 0 Å². The maximum absolute atomic E-state index is 11.7. The zero-order chi connectivity index (χ0) is 12.8. The molecule has 96 valence electrons. The molecule has 0 spiro atoms. The molecule has 0 aromatic carbocycles. The third-order valence-corrected chi connectivity index (χ3v) is 2.78. The molecule has 17 heavy (non-hydrogen) atoms. The lowest BCUT2D eigenvalue weighted by Gasteiger charge is -2.18. The lowest BCUT2D eigenvalue weighted by molar-refractivity contribution is 0.420. The second kappa shape index (κ2) is 6.39. The average Bonchev–Trinajstić information content (AvgIpc) is 2.30. The van der Waals surface area contributed by atoms with E-state index >= 15 is 0 Å². The van der Waals surface area contributed by atoms with Crippen LogP contribution in [0.4, 0.5) is 0 Å². The number of hydrogen-bond donors (Lipinski definition) is 1. The first-order valence-electron chi connectivity index (χ1n) is 6.09. The monoisotopic (exact) mass is 239 g/mol. The molecule has 0 aliphatic rings. The van der Waals surface area contributed by atoms with E-state index in [-0.39, 0.29) is 6.04 Å². The molecular formula is C12H21N3O2. The third kappa shape index (κ3) is 3.56. The molecule has 0 saturated heterocycles. The molecular weight excluding hydrogens is 218 g/mol. The summed E-state index contributed by atoms with van der Waals surface area (Å²) < 4.78 is 2.80. The summed E-state index contributed by atoms with van der Waals surface area (Å²) in [5.41, 5.74) is -0.923. The zero-order valence-corrected chi connectivity index (χ0v) is 10.8. The van der Waals surface area contributed by atoms with Gasteiger partial charge in [-0.3, -0.25) is 9.59 Å². The van der Waals surface area contributed by atoms with Crippen molar-refractivity contribution in [3.63, 3.8) is 0 Å². The Hall–Kier alpha value is -1.36. The van der Waals surface area contributed by atoms with E-state index in [1.807, 2.05) is 6.92 Å². The normalized spacial score (nSPS) is 12.6. The molecule has 1 atom stereocenters. The zero-order valence-electron chi connectivity index (χ0n) is 10.8. The summed E-state index contributed by atoms with van der Waals surface area (Å²) in [5, 5.41) is 3.32. The molecule has 0 amide bonds. The maximum Gasteiger partial charge on any atom is 0.316 e. The standard InChI is InChI=1S/C12H21N3O2/c1-4-6-10(13-5-2)9-15-8-7-14(3)11(16)12(15)17/h7-8,10,13H,4-6,9H2,1-3H3.